The summed E-state index contributed by atoms with van der Waals surface area (Å²) in [6.45, 7) is 4.25. The van der Waals surface area contributed by atoms with Crippen molar-refractivity contribution in [2.45, 2.75) is 51.6 Å². The number of hydrogen-bond acceptors (Lipinski definition) is 4. The molecule has 2 unspecified atom stereocenters. The summed E-state index contributed by atoms with van der Waals surface area (Å²) in [5.41, 5.74) is 11.4. The van der Waals surface area contributed by atoms with Crippen LogP contribution >= 0.6 is 0 Å². The number of benzene rings is 1. The van der Waals surface area contributed by atoms with E-state index in [1.807, 2.05) is 44.2 Å². The largest absolute Gasteiger partial charge is 0.370 e. The molecule has 0 fully saturated rings. The molecule has 6 N–H and O–H groups in total. The predicted octanol–water partition coefficient (Wildman–Crippen LogP) is 0.497. The van der Waals surface area contributed by atoms with E-state index in [4.69, 9.17) is 11.5 Å². The highest BCUT2D eigenvalue weighted by Gasteiger charge is 2.23. The van der Waals surface area contributed by atoms with Crippen molar-refractivity contribution in [2.75, 3.05) is 6.54 Å². The second-order valence-corrected chi connectivity index (χ2v) is 7.11. The lowest BCUT2D eigenvalue weighted by atomic mass is 10.0. The minimum Gasteiger partial charge on any atom is -0.370 e. The number of guanidine groups is 1. The molecule has 0 aliphatic rings. The molecule has 0 radical (unpaired) electrons. The Kier molecular flexibility index (Phi) is 10.3. The predicted molar refractivity (Wildman–Crippen MR) is 109 cm³/mol. The summed E-state index contributed by atoms with van der Waals surface area (Å²) in [5, 5.41) is 5.49. The molecular weight excluding hydrogens is 358 g/mol. The van der Waals surface area contributed by atoms with Gasteiger partial charge < -0.3 is 26.9 Å². The van der Waals surface area contributed by atoms with Gasteiger partial charge in [-0.05, 0) is 24.3 Å². The van der Waals surface area contributed by atoms with Crippen molar-refractivity contribution in [3.8, 4) is 0 Å². The van der Waals surface area contributed by atoms with Crippen molar-refractivity contribution in [3.05, 3.63) is 35.9 Å². The van der Waals surface area contributed by atoms with Gasteiger partial charge in [0.15, 0.2) is 5.96 Å². The second kappa shape index (κ2) is 12.5. The van der Waals surface area contributed by atoms with E-state index in [0.717, 1.165) is 5.56 Å². The van der Waals surface area contributed by atoms with Crippen LogP contribution in [0.3, 0.4) is 0 Å². The summed E-state index contributed by atoms with van der Waals surface area (Å²) in [6.07, 6.45) is 2.31. The highest BCUT2D eigenvalue weighted by Crippen LogP contribution is 2.06. The molecule has 0 bridgehead atoms. The van der Waals surface area contributed by atoms with E-state index < -0.39 is 12.1 Å². The van der Waals surface area contributed by atoms with Crippen LogP contribution < -0.4 is 22.1 Å². The van der Waals surface area contributed by atoms with Crippen LogP contribution in [0.5, 0.6) is 0 Å². The maximum atomic E-state index is 12.7. The molecule has 1 rings (SSSR count). The van der Waals surface area contributed by atoms with Gasteiger partial charge in [0.25, 0.3) is 0 Å². The Morgan fingerprint density at radius 2 is 1.82 bits per heavy atom. The van der Waals surface area contributed by atoms with E-state index in [9.17, 15) is 14.4 Å². The molecular formula is C20H31N5O3. The Morgan fingerprint density at radius 1 is 1.14 bits per heavy atom. The fourth-order valence-electron chi connectivity index (χ4n) is 2.66. The molecule has 0 saturated heterocycles. The van der Waals surface area contributed by atoms with Crippen LogP contribution in [0.15, 0.2) is 35.3 Å². The lowest BCUT2D eigenvalue weighted by molar-refractivity contribution is -0.130. The molecule has 0 saturated carbocycles. The third-order valence-corrected chi connectivity index (χ3v) is 3.99. The highest BCUT2D eigenvalue weighted by atomic mass is 16.2. The quantitative estimate of drug-likeness (QED) is 0.178. The van der Waals surface area contributed by atoms with E-state index >= 15 is 0 Å². The lowest BCUT2D eigenvalue weighted by Gasteiger charge is -2.21. The van der Waals surface area contributed by atoms with E-state index in [-0.39, 0.29) is 23.7 Å². The van der Waals surface area contributed by atoms with Gasteiger partial charge >= 0.3 is 0 Å². The number of aliphatic imine (C=N–C) groups is 1. The van der Waals surface area contributed by atoms with Gasteiger partial charge in [-0.25, -0.2) is 0 Å². The maximum absolute atomic E-state index is 12.7. The van der Waals surface area contributed by atoms with Crippen molar-refractivity contribution < 1.29 is 14.4 Å². The summed E-state index contributed by atoms with van der Waals surface area (Å²) in [7, 11) is 0. The molecule has 0 spiro atoms. The molecule has 1 aromatic carbocycles. The number of carbonyl (C=O) groups excluding carboxylic acids is 3. The van der Waals surface area contributed by atoms with Crippen LogP contribution in [0.2, 0.25) is 0 Å². The van der Waals surface area contributed by atoms with Gasteiger partial charge in [-0.2, -0.15) is 0 Å². The first-order valence-electron chi connectivity index (χ1n) is 9.46. The summed E-state index contributed by atoms with van der Waals surface area (Å²) < 4.78 is 0. The number of rotatable bonds is 12. The zero-order valence-corrected chi connectivity index (χ0v) is 16.6. The fraction of sp³-hybridized carbons (Fsp3) is 0.500. The first-order chi connectivity index (χ1) is 13.3. The van der Waals surface area contributed by atoms with Gasteiger partial charge in [0.05, 0.1) is 6.04 Å². The Hall–Kier alpha value is -2.90. The van der Waals surface area contributed by atoms with Crippen molar-refractivity contribution in [3.63, 3.8) is 0 Å². The molecule has 8 nitrogen and oxygen atoms in total. The zero-order chi connectivity index (χ0) is 20.9. The summed E-state index contributed by atoms with van der Waals surface area (Å²) in [4.78, 5) is 40.1. The van der Waals surface area contributed by atoms with Crippen LogP contribution in [0.25, 0.3) is 0 Å². The molecule has 154 valence electrons. The molecule has 0 heterocycles. The lowest BCUT2D eigenvalue weighted by Crippen LogP contribution is -2.51. The normalized spacial score (nSPS) is 12.7. The number of aldehydes is 1. The van der Waals surface area contributed by atoms with Gasteiger partial charge in [-0.3, -0.25) is 14.6 Å². The molecule has 2 amide bonds. The summed E-state index contributed by atoms with van der Waals surface area (Å²) >= 11 is 0. The minimum absolute atomic E-state index is 0.0116. The van der Waals surface area contributed by atoms with Crippen molar-refractivity contribution in [1.82, 2.24) is 10.6 Å². The number of nitrogens with one attached hydrogen (secondary N) is 2. The maximum Gasteiger partial charge on any atom is 0.243 e. The second-order valence-electron chi connectivity index (χ2n) is 7.11. The van der Waals surface area contributed by atoms with Gasteiger partial charge in [0.2, 0.25) is 11.8 Å². The van der Waals surface area contributed by atoms with Gasteiger partial charge in [0, 0.05) is 19.4 Å². The van der Waals surface area contributed by atoms with Crippen LogP contribution in [-0.4, -0.2) is 42.7 Å². The molecule has 0 aliphatic heterocycles. The topological polar surface area (TPSA) is 140 Å². The number of nitrogens with two attached hydrogens (primary N) is 2. The SMILES string of the molecule is CC(C)CC(=O)NC(Cc1ccccc1)C(=O)NC(C=O)CCCN=C(N)N. The van der Waals surface area contributed by atoms with E-state index in [0.29, 0.717) is 38.5 Å². The third-order valence-electron chi connectivity index (χ3n) is 3.99. The van der Waals surface area contributed by atoms with E-state index in [1.54, 1.807) is 0 Å². The molecule has 8 heteroatoms. The van der Waals surface area contributed by atoms with E-state index in [2.05, 4.69) is 15.6 Å². The van der Waals surface area contributed by atoms with Gasteiger partial charge in [-0.1, -0.05) is 44.2 Å². The van der Waals surface area contributed by atoms with Gasteiger partial charge in [0.1, 0.15) is 12.3 Å². The standard InChI is InChI=1S/C20H31N5O3/c1-14(2)11-18(27)25-17(12-15-7-4-3-5-8-15)19(28)24-16(13-26)9-6-10-23-20(21)22/h3-5,7-8,13-14,16-17H,6,9-12H2,1-2H3,(H,24,28)(H,25,27)(H4,21,22,23). The monoisotopic (exact) mass is 389 g/mol. The first kappa shape index (κ1) is 23.1. The van der Waals surface area contributed by atoms with Crippen LogP contribution in [0.4, 0.5) is 0 Å². The average molecular weight is 390 g/mol. The average Bonchev–Trinajstić information content (AvgIpc) is 2.63. The molecule has 0 aliphatic carbocycles. The Morgan fingerprint density at radius 3 is 2.39 bits per heavy atom. The number of hydrogen-bond donors (Lipinski definition) is 4. The summed E-state index contributed by atoms with van der Waals surface area (Å²) in [6, 6.07) is 7.99. The van der Waals surface area contributed by atoms with Crippen molar-refractivity contribution in [1.29, 1.82) is 0 Å². The van der Waals surface area contributed by atoms with E-state index in [1.165, 1.54) is 0 Å². The summed E-state index contributed by atoms with van der Waals surface area (Å²) in [5.74, 6) is -0.414. The Labute approximate surface area is 166 Å². The fourth-order valence-corrected chi connectivity index (χ4v) is 2.66. The highest BCUT2D eigenvalue weighted by molar-refractivity contribution is 5.89. The van der Waals surface area contributed by atoms with Crippen LogP contribution in [0.1, 0.15) is 38.7 Å². The number of carbonyl (C=O) groups is 3. The van der Waals surface area contributed by atoms with Crippen molar-refractivity contribution in [2.24, 2.45) is 22.4 Å². The number of amides is 2. The minimum atomic E-state index is -0.756. The number of nitrogens with zero attached hydrogens (tertiary/aromatic N) is 1. The third kappa shape index (κ3) is 9.70. The molecule has 2 atom stereocenters. The molecule has 1 aromatic rings. The van der Waals surface area contributed by atoms with Crippen molar-refractivity contribution >= 4 is 24.1 Å². The molecule has 0 aromatic heterocycles. The zero-order valence-electron chi connectivity index (χ0n) is 16.6. The van der Waals surface area contributed by atoms with Crippen LogP contribution in [-0.2, 0) is 20.8 Å². The van der Waals surface area contributed by atoms with Crippen LogP contribution in [0, 0.1) is 5.92 Å². The molecule has 28 heavy (non-hydrogen) atoms. The first-order valence-corrected chi connectivity index (χ1v) is 9.46. The Bertz CT molecular complexity index is 657. The Balaban J connectivity index is 2.74. The van der Waals surface area contributed by atoms with Gasteiger partial charge in [-0.15, -0.1) is 0 Å². The smallest absolute Gasteiger partial charge is 0.243 e.